The van der Waals surface area contributed by atoms with Crippen molar-refractivity contribution in [2.45, 2.75) is 32.6 Å². The van der Waals surface area contributed by atoms with Gasteiger partial charge in [-0.25, -0.2) is 23.1 Å². The number of rotatable bonds is 7. The van der Waals surface area contributed by atoms with Crippen LogP contribution in [0.5, 0.6) is 5.75 Å². The van der Waals surface area contributed by atoms with Gasteiger partial charge in [-0.1, -0.05) is 0 Å². The highest BCUT2D eigenvalue weighted by Crippen LogP contribution is 2.27. The Morgan fingerprint density at radius 2 is 1.58 bits per heavy atom. The van der Waals surface area contributed by atoms with E-state index in [-0.39, 0.29) is 29.6 Å². The molecule has 9 heteroatoms. The molecule has 1 heterocycles. The van der Waals surface area contributed by atoms with Gasteiger partial charge in [0.15, 0.2) is 0 Å². The zero-order chi connectivity index (χ0) is 22.8. The molecular weight excluding hydrogens is 416 g/mol. The molecule has 1 amide bonds. The molecule has 0 saturated heterocycles. The van der Waals surface area contributed by atoms with Gasteiger partial charge in [-0.05, 0) is 69.2 Å². The number of aryl methyl sites for hydroxylation is 4. The number of benzene rings is 2. The molecule has 0 spiro atoms. The molecule has 1 aromatic heterocycles. The maximum atomic E-state index is 12.7. The van der Waals surface area contributed by atoms with Crippen LogP contribution in [0.4, 0.5) is 0 Å². The summed E-state index contributed by atoms with van der Waals surface area (Å²) < 4.78 is 33.1. The monoisotopic (exact) mass is 442 g/mol. The van der Waals surface area contributed by atoms with Gasteiger partial charge in [-0.15, -0.1) is 0 Å². The van der Waals surface area contributed by atoms with E-state index < -0.39 is 10.0 Å². The van der Waals surface area contributed by atoms with Crippen LogP contribution in [0.3, 0.4) is 0 Å². The van der Waals surface area contributed by atoms with Gasteiger partial charge in [0.05, 0.1) is 29.5 Å². The Morgan fingerprint density at radius 1 is 0.935 bits per heavy atom. The molecule has 0 aliphatic heterocycles. The number of nitrogens with zero attached hydrogens (tertiary/aromatic N) is 2. The third-order valence-corrected chi connectivity index (χ3v) is 6.59. The van der Waals surface area contributed by atoms with E-state index in [2.05, 4.69) is 20.0 Å². The molecule has 31 heavy (non-hydrogen) atoms. The highest BCUT2D eigenvalue weighted by atomic mass is 32.2. The van der Waals surface area contributed by atoms with Gasteiger partial charge in [-0.2, -0.15) is 0 Å². The second-order valence-electron chi connectivity index (χ2n) is 7.34. The van der Waals surface area contributed by atoms with Crippen LogP contribution in [0.1, 0.15) is 32.9 Å². The molecule has 0 bridgehead atoms. The highest BCUT2D eigenvalue weighted by molar-refractivity contribution is 7.89. The Morgan fingerprint density at radius 3 is 2.26 bits per heavy atom. The number of hydrogen-bond donors (Lipinski definition) is 2. The molecule has 0 unspecified atom stereocenters. The van der Waals surface area contributed by atoms with Crippen LogP contribution in [0.2, 0.25) is 0 Å². The summed E-state index contributed by atoms with van der Waals surface area (Å²) in [5.41, 5.74) is 5.23. The van der Waals surface area contributed by atoms with Crippen LogP contribution in [0.25, 0.3) is 11.0 Å². The van der Waals surface area contributed by atoms with Crippen molar-refractivity contribution in [1.82, 2.24) is 20.0 Å². The van der Waals surface area contributed by atoms with E-state index in [9.17, 15) is 13.2 Å². The van der Waals surface area contributed by atoms with Gasteiger partial charge >= 0.3 is 0 Å². The van der Waals surface area contributed by atoms with E-state index in [0.717, 1.165) is 28.0 Å². The van der Waals surface area contributed by atoms with Crippen LogP contribution in [-0.2, 0) is 10.0 Å². The van der Waals surface area contributed by atoms with Crippen LogP contribution >= 0.6 is 0 Å². The quantitative estimate of drug-likeness (QED) is 0.544. The summed E-state index contributed by atoms with van der Waals surface area (Å²) in [6.07, 6.45) is 0. The molecule has 0 aliphatic carbocycles. The van der Waals surface area contributed by atoms with Crippen molar-refractivity contribution >= 4 is 27.0 Å². The van der Waals surface area contributed by atoms with Crippen molar-refractivity contribution < 1.29 is 17.9 Å². The molecule has 164 valence electrons. The van der Waals surface area contributed by atoms with Crippen molar-refractivity contribution in [3.8, 4) is 5.75 Å². The smallest absolute Gasteiger partial charge is 0.251 e. The zero-order valence-corrected chi connectivity index (χ0v) is 19.1. The Balaban J connectivity index is 1.64. The fourth-order valence-corrected chi connectivity index (χ4v) is 4.31. The first-order chi connectivity index (χ1) is 14.6. The molecule has 0 atom stereocenters. The second kappa shape index (κ2) is 8.99. The van der Waals surface area contributed by atoms with E-state index >= 15 is 0 Å². The molecule has 3 aromatic rings. The van der Waals surface area contributed by atoms with E-state index in [4.69, 9.17) is 4.74 Å². The number of ether oxygens (including phenoxy) is 1. The first kappa shape index (κ1) is 22.6. The fraction of sp³-hybridized carbons (Fsp3) is 0.318. The lowest BCUT2D eigenvalue weighted by atomic mass is 10.1. The summed E-state index contributed by atoms with van der Waals surface area (Å²) in [7, 11) is -2.36. The van der Waals surface area contributed by atoms with Gasteiger partial charge in [0, 0.05) is 18.7 Å². The number of fused-ring (bicyclic) bond motifs is 1. The molecule has 0 saturated carbocycles. The van der Waals surface area contributed by atoms with Crippen LogP contribution in [0, 0.1) is 27.7 Å². The van der Waals surface area contributed by atoms with Gasteiger partial charge < -0.3 is 10.1 Å². The largest absolute Gasteiger partial charge is 0.495 e. The minimum Gasteiger partial charge on any atom is -0.495 e. The summed E-state index contributed by atoms with van der Waals surface area (Å²) in [6.45, 7) is 7.64. The zero-order valence-electron chi connectivity index (χ0n) is 18.2. The molecule has 8 nitrogen and oxygen atoms in total. The summed E-state index contributed by atoms with van der Waals surface area (Å²) in [6, 6.07) is 8.37. The maximum Gasteiger partial charge on any atom is 0.251 e. The number of aromatic nitrogens is 2. The summed E-state index contributed by atoms with van der Waals surface area (Å²) >= 11 is 0. The number of amides is 1. The van der Waals surface area contributed by atoms with Crippen molar-refractivity contribution in [2.24, 2.45) is 0 Å². The van der Waals surface area contributed by atoms with Crippen LogP contribution in [-0.4, -0.2) is 44.5 Å². The summed E-state index contributed by atoms with van der Waals surface area (Å²) in [5, 5.41) is 2.72. The van der Waals surface area contributed by atoms with Crippen molar-refractivity contribution in [2.75, 3.05) is 20.2 Å². The first-order valence-corrected chi connectivity index (χ1v) is 11.3. The SMILES string of the molecule is COc1cc(C)c(C)cc1S(=O)(=O)NCCNC(=O)c1ccc2nc(C)c(C)nc2c1. The van der Waals surface area contributed by atoms with Crippen molar-refractivity contribution in [3.05, 3.63) is 58.4 Å². The number of carbonyl (C=O) groups excluding carboxylic acids is 1. The number of methoxy groups -OCH3 is 1. The number of sulfonamides is 1. The van der Waals surface area contributed by atoms with E-state index in [1.54, 1.807) is 30.3 Å². The minimum atomic E-state index is -3.79. The van der Waals surface area contributed by atoms with Gasteiger partial charge in [0.1, 0.15) is 10.6 Å². The summed E-state index contributed by atoms with van der Waals surface area (Å²) in [5.74, 6) is -0.0349. The van der Waals surface area contributed by atoms with Gasteiger partial charge in [0.25, 0.3) is 5.91 Å². The lowest BCUT2D eigenvalue weighted by Gasteiger charge is -2.13. The molecule has 0 fully saturated rings. The molecule has 2 N–H and O–H groups in total. The van der Waals surface area contributed by atoms with Crippen molar-refractivity contribution in [3.63, 3.8) is 0 Å². The summed E-state index contributed by atoms with van der Waals surface area (Å²) in [4.78, 5) is 21.4. The maximum absolute atomic E-state index is 12.7. The first-order valence-electron chi connectivity index (χ1n) is 9.80. The highest BCUT2D eigenvalue weighted by Gasteiger charge is 2.20. The molecule has 2 aromatic carbocycles. The van der Waals surface area contributed by atoms with Crippen molar-refractivity contribution in [1.29, 1.82) is 0 Å². The Kier molecular flexibility index (Phi) is 6.56. The molecule has 3 rings (SSSR count). The predicted octanol–water partition coefficient (Wildman–Crippen LogP) is 2.58. The Bertz CT molecular complexity index is 1260. The Hall–Kier alpha value is -3.04. The average Bonchev–Trinajstić information content (AvgIpc) is 2.73. The minimum absolute atomic E-state index is 0.0375. The van der Waals surface area contributed by atoms with Crippen LogP contribution < -0.4 is 14.8 Å². The third kappa shape index (κ3) is 5.00. The number of hydrogen-bond acceptors (Lipinski definition) is 6. The third-order valence-electron chi connectivity index (χ3n) is 5.11. The number of carbonyl (C=O) groups is 1. The number of nitrogens with one attached hydrogen (secondary N) is 2. The molecule has 0 aliphatic rings. The molecular formula is C22H26N4O4S. The predicted molar refractivity (Wildman–Crippen MR) is 119 cm³/mol. The van der Waals surface area contributed by atoms with Gasteiger partial charge in [0.2, 0.25) is 10.0 Å². The van der Waals surface area contributed by atoms with Crippen LogP contribution in [0.15, 0.2) is 35.2 Å². The molecule has 0 radical (unpaired) electrons. The normalized spacial score (nSPS) is 11.5. The van der Waals surface area contributed by atoms with E-state index in [1.165, 1.54) is 7.11 Å². The fourth-order valence-electron chi connectivity index (χ4n) is 3.05. The average molecular weight is 443 g/mol. The topological polar surface area (TPSA) is 110 Å². The van der Waals surface area contributed by atoms with E-state index in [0.29, 0.717) is 11.1 Å². The standard InChI is InChI=1S/C22H26N4O4S/c1-13-10-20(30-5)21(11-14(13)2)31(28,29)24-9-8-23-22(27)17-6-7-18-19(12-17)26-16(4)15(3)25-18/h6-7,10-12,24H,8-9H2,1-5H3,(H,23,27). The van der Waals surface area contributed by atoms with E-state index in [1.807, 2.05) is 27.7 Å². The second-order valence-corrected chi connectivity index (χ2v) is 9.07. The lowest BCUT2D eigenvalue weighted by molar-refractivity contribution is 0.0954. The lowest BCUT2D eigenvalue weighted by Crippen LogP contribution is -2.34. The van der Waals surface area contributed by atoms with Gasteiger partial charge in [-0.3, -0.25) is 4.79 Å². The Labute approximate surface area is 182 Å².